The van der Waals surface area contributed by atoms with Crippen molar-refractivity contribution in [3.63, 3.8) is 0 Å². The molecule has 1 aromatic rings. The third-order valence-corrected chi connectivity index (χ3v) is 3.82. The van der Waals surface area contributed by atoms with E-state index in [2.05, 4.69) is 43.6 Å². The van der Waals surface area contributed by atoms with Crippen LogP contribution in [0, 0.1) is 5.92 Å². The number of nitrogens with one attached hydrogen (secondary N) is 1. The third kappa shape index (κ3) is 2.88. The Morgan fingerprint density at radius 2 is 2.00 bits per heavy atom. The zero-order valence-corrected chi connectivity index (χ0v) is 10.9. The van der Waals surface area contributed by atoms with Crippen LogP contribution in [0.3, 0.4) is 0 Å². The van der Waals surface area contributed by atoms with Gasteiger partial charge in [-0.1, -0.05) is 31.2 Å². The van der Waals surface area contributed by atoms with Gasteiger partial charge in [-0.25, -0.2) is 0 Å². The molecule has 1 unspecified atom stereocenters. The van der Waals surface area contributed by atoms with E-state index >= 15 is 0 Å². The second kappa shape index (κ2) is 6.18. The lowest BCUT2D eigenvalue weighted by molar-refractivity contribution is 0.0545. The van der Waals surface area contributed by atoms with E-state index in [1.54, 1.807) is 0 Å². The molecule has 2 nitrogen and oxygen atoms in total. The maximum atomic E-state index is 5.46. The van der Waals surface area contributed by atoms with Crippen LogP contribution in [-0.2, 0) is 11.2 Å². The van der Waals surface area contributed by atoms with Crippen molar-refractivity contribution in [3.8, 4) is 0 Å². The van der Waals surface area contributed by atoms with E-state index < -0.39 is 0 Å². The van der Waals surface area contributed by atoms with E-state index in [1.165, 1.54) is 24.0 Å². The van der Waals surface area contributed by atoms with Crippen LogP contribution in [0.15, 0.2) is 24.3 Å². The zero-order chi connectivity index (χ0) is 12.1. The van der Waals surface area contributed by atoms with Crippen molar-refractivity contribution in [2.75, 3.05) is 20.3 Å². The molecule has 1 saturated heterocycles. The van der Waals surface area contributed by atoms with E-state index in [4.69, 9.17) is 4.74 Å². The summed E-state index contributed by atoms with van der Waals surface area (Å²) < 4.78 is 5.46. The first kappa shape index (κ1) is 12.6. The van der Waals surface area contributed by atoms with Gasteiger partial charge in [0.15, 0.2) is 0 Å². The molecular weight excluding hydrogens is 210 g/mol. The third-order valence-electron chi connectivity index (χ3n) is 3.82. The SMILES string of the molecule is CCc1ccccc1C(NC)C1CCOCC1. The largest absolute Gasteiger partial charge is 0.381 e. The quantitative estimate of drug-likeness (QED) is 0.863. The highest BCUT2D eigenvalue weighted by Gasteiger charge is 2.25. The molecule has 0 aromatic heterocycles. The van der Waals surface area contributed by atoms with Crippen molar-refractivity contribution in [2.45, 2.75) is 32.2 Å². The average Bonchev–Trinajstić information content (AvgIpc) is 2.41. The molecule has 0 amide bonds. The van der Waals surface area contributed by atoms with Gasteiger partial charge in [-0.2, -0.15) is 0 Å². The monoisotopic (exact) mass is 233 g/mol. The van der Waals surface area contributed by atoms with Crippen molar-refractivity contribution in [1.82, 2.24) is 5.32 Å². The lowest BCUT2D eigenvalue weighted by atomic mass is 9.85. The van der Waals surface area contributed by atoms with Crippen LogP contribution in [0.2, 0.25) is 0 Å². The van der Waals surface area contributed by atoms with Crippen LogP contribution in [0.25, 0.3) is 0 Å². The van der Waals surface area contributed by atoms with Crippen LogP contribution in [0.4, 0.5) is 0 Å². The Kier molecular flexibility index (Phi) is 4.57. The molecule has 0 saturated carbocycles. The number of rotatable bonds is 4. The Balaban J connectivity index is 2.21. The number of ether oxygens (including phenoxy) is 1. The molecule has 1 heterocycles. The predicted molar refractivity (Wildman–Crippen MR) is 71.2 cm³/mol. The summed E-state index contributed by atoms with van der Waals surface area (Å²) in [6, 6.07) is 9.29. The van der Waals surface area contributed by atoms with Crippen molar-refractivity contribution in [3.05, 3.63) is 35.4 Å². The van der Waals surface area contributed by atoms with Crippen molar-refractivity contribution in [2.24, 2.45) is 5.92 Å². The number of aryl methyl sites for hydroxylation is 1. The molecular formula is C15H23NO. The zero-order valence-electron chi connectivity index (χ0n) is 10.9. The van der Waals surface area contributed by atoms with Gasteiger partial charge in [0.05, 0.1) is 0 Å². The lowest BCUT2D eigenvalue weighted by Gasteiger charge is -2.31. The van der Waals surface area contributed by atoms with Crippen molar-refractivity contribution >= 4 is 0 Å². The van der Waals surface area contributed by atoms with Gasteiger partial charge in [-0.15, -0.1) is 0 Å². The van der Waals surface area contributed by atoms with Gasteiger partial charge < -0.3 is 10.1 Å². The van der Waals surface area contributed by atoms with Crippen LogP contribution in [0.1, 0.15) is 36.9 Å². The highest BCUT2D eigenvalue weighted by Crippen LogP contribution is 2.31. The maximum absolute atomic E-state index is 5.46. The molecule has 0 aliphatic carbocycles. The summed E-state index contributed by atoms with van der Waals surface area (Å²) in [6.07, 6.45) is 3.45. The van der Waals surface area contributed by atoms with E-state index in [0.29, 0.717) is 12.0 Å². The van der Waals surface area contributed by atoms with Gasteiger partial charge in [0.25, 0.3) is 0 Å². The fourth-order valence-corrected chi connectivity index (χ4v) is 2.85. The molecule has 1 aliphatic heterocycles. The molecule has 1 aliphatic rings. The highest BCUT2D eigenvalue weighted by molar-refractivity contribution is 5.30. The topological polar surface area (TPSA) is 21.3 Å². The molecule has 1 atom stereocenters. The summed E-state index contributed by atoms with van der Waals surface area (Å²) in [5, 5.41) is 3.51. The Labute approximate surface area is 104 Å². The molecule has 1 fully saturated rings. The predicted octanol–water partition coefficient (Wildman–Crippen LogP) is 2.94. The minimum atomic E-state index is 0.482. The first-order valence-corrected chi connectivity index (χ1v) is 6.69. The smallest absolute Gasteiger partial charge is 0.0469 e. The Bertz CT molecular complexity index is 345. The van der Waals surface area contributed by atoms with Crippen molar-refractivity contribution in [1.29, 1.82) is 0 Å². The van der Waals surface area contributed by atoms with Gasteiger partial charge in [-0.05, 0) is 43.4 Å². The average molecular weight is 233 g/mol. The summed E-state index contributed by atoms with van der Waals surface area (Å²) in [5.74, 6) is 0.710. The highest BCUT2D eigenvalue weighted by atomic mass is 16.5. The van der Waals surface area contributed by atoms with E-state index in [9.17, 15) is 0 Å². The summed E-state index contributed by atoms with van der Waals surface area (Å²) >= 11 is 0. The second-order valence-electron chi connectivity index (χ2n) is 4.77. The van der Waals surface area contributed by atoms with E-state index in [1.807, 2.05) is 0 Å². The molecule has 0 bridgehead atoms. The van der Waals surface area contributed by atoms with Gasteiger partial charge in [0.2, 0.25) is 0 Å². The maximum Gasteiger partial charge on any atom is 0.0469 e. The van der Waals surface area contributed by atoms with Crippen LogP contribution < -0.4 is 5.32 Å². The number of hydrogen-bond acceptors (Lipinski definition) is 2. The molecule has 94 valence electrons. The number of benzene rings is 1. The Morgan fingerprint density at radius 1 is 1.29 bits per heavy atom. The first-order chi connectivity index (χ1) is 8.36. The Hall–Kier alpha value is -0.860. The normalized spacial score (nSPS) is 19.2. The van der Waals surface area contributed by atoms with Crippen molar-refractivity contribution < 1.29 is 4.74 Å². The summed E-state index contributed by atoms with van der Waals surface area (Å²) in [5.41, 5.74) is 2.95. The molecule has 1 N–H and O–H groups in total. The minimum absolute atomic E-state index is 0.482. The van der Waals surface area contributed by atoms with Gasteiger partial charge >= 0.3 is 0 Å². The second-order valence-corrected chi connectivity index (χ2v) is 4.77. The Morgan fingerprint density at radius 3 is 2.65 bits per heavy atom. The van der Waals surface area contributed by atoms with Crippen LogP contribution >= 0.6 is 0 Å². The molecule has 17 heavy (non-hydrogen) atoms. The summed E-state index contributed by atoms with van der Waals surface area (Å²) in [7, 11) is 2.08. The first-order valence-electron chi connectivity index (χ1n) is 6.69. The fraction of sp³-hybridized carbons (Fsp3) is 0.600. The number of hydrogen-bond donors (Lipinski definition) is 1. The summed E-state index contributed by atoms with van der Waals surface area (Å²) in [4.78, 5) is 0. The summed E-state index contributed by atoms with van der Waals surface area (Å²) in [6.45, 7) is 4.06. The minimum Gasteiger partial charge on any atom is -0.381 e. The van der Waals surface area contributed by atoms with Gasteiger partial charge in [0, 0.05) is 19.3 Å². The lowest BCUT2D eigenvalue weighted by Crippen LogP contribution is -2.30. The molecule has 2 rings (SSSR count). The van der Waals surface area contributed by atoms with E-state index in [-0.39, 0.29) is 0 Å². The molecule has 2 heteroatoms. The molecule has 1 aromatic carbocycles. The van der Waals surface area contributed by atoms with Crippen LogP contribution in [0.5, 0.6) is 0 Å². The fourth-order valence-electron chi connectivity index (χ4n) is 2.85. The molecule has 0 spiro atoms. The van der Waals surface area contributed by atoms with Crippen LogP contribution in [-0.4, -0.2) is 20.3 Å². The van der Waals surface area contributed by atoms with Gasteiger partial charge in [-0.3, -0.25) is 0 Å². The molecule has 0 radical (unpaired) electrons. The van der Waals surface area contributed by atoms with E-state index in [0.717, 1.165) is 19.6 Å². The standard InChI is InChI=1S/C15H23NO/c1-3-12-6-4-5-7-14(12)15(16-2)13-8-10-17-11-9-13/h4-7,13,15-16H,3,8-11H2,1-2H3. The van der Waals surface area contributed by atoms with Gasteiger partial charge in [0.1, 0.15) is 0 Å².